The molecule has 0 radical (unpaired) electrons. The number of aliphatic hydroxyl groups is 1. The molecule has 0 amide bonds. The van der Waals surface area contributed by atoms with Crippen LogP contribution in [0.1, 0.15) is 52.5 Å². The Labute approximate surface area is 135 Å². The number of quaternary nitrogens is 1. The van der Waals surface area contributed by atoms with Crippen molar-refractivity contribution in [1.82, 2.24) is 0 Å². The molecule has 1 fully saturated rings. The third kappa shape index (κ3) is 4.23. The van der Waals surface area contributed by atoms with E-state index in [0.29, 0.717) is 6.61 Å². The summed E-state index contributed by atoms with van der Waals surface area (Å²) in [6, 6.07) is 7.99. The van der Waals surface area contributed by atoms with Gasteiger partial charge < -0.3 is 14.7 Å². The second kappa shape index (κ2) is 6.59. The van der Waals surface area contributed by atoms with Crippen LogP contribution < -0.4 is 9.64 Å². The molecule has 1 aliphatic rings. The predicted octanol–water partition coefficient (Wildman–Crippen LogP) is 2.36. The van der Waals surface area contributed by atoms with E-state index < -0.39 is 6.10 Å². The van der Waals surface area contributed by atoms with Gasteiger partial charge in [-0.1, -0.05) is 12.1 Å². The highest BCUT2D eigenvalue weighted by Gasteiger charge is 2.45. The fourth-order valence-electron chi connectivity index (χ4n) is 3.93. The lowest BCUT2D eigenvalue weighted by atomic mass is 9.79. The average molecular weight is 306 g/mol. The minimum Gasteiger partial charge on any atom is -0.491 e. The van der Waals surface area contributed by atoms with Crippen molar-refractivity contribution in [3.8, 4) is 5.75 Å². The quantitative estimate of drug-likeness (QED) is 0.876. The molecule has 124 valence electrons. The molecule has 0 unspecified atom stereocenters. The highest BCUT2D eigenvalue weighted by atomic mass is 16.5. The zero-order chi connectivity index (χ0) is 16.4. The van der Waals surface area contributed by atoms with Crippen LogP contribution in [0.2, 0.25) is 0 Å². The van der Waals surface area contributed by atoms with Gasteiger partial charge in [0.2, 0.25) is 0 Å². The molecule has 0 aliphatic carbocycles. The zero-order valence-corrected chi connectivity index (χ0v) is 14.8. The van der Waals surface area contributed by atoms with E-state index in [-0.39, 0.29) is 11.1 Å². The maximum atomic E-state index is 10.5. The minimum atomic E-state index is -0.438. The first-order valence-corrected chi connectivity index (χ1v) is 8.45. The Kier molecular flexibility index (Phi) is 5.18. The Morgan fingerprint density at radius 2 is 1.82 bits per heavy atom. The molecule has 2 N–H and O–H groups in total. The lowest BCUT2D eigenvalue weighted by Crippen LogP contribution is -3.27. The zero-order valence-electron chi connectivity index (χ0n) is 14.8. The Bertz CT molecular complexity index is 480. The molecular formula is C19H32NO2+. The third-order valence-corrected chi connectivity index (χ3v) is 5.11. The predicted molar refractivity (Wildman–Crippen MR) is 90.5 cm³/mol. The van der Waals surface area contributed by atoms with E-state index in [2.05, 4.69) is 27.7 Å². The summed E-state index contributed by atoms with van der Waals surface area (Å²) in [4.78, 5) is 1.49. The van der Waals surface area contributed by atoms with Gasteiger partial charge >= 0.3 is 0 Å². The lowest BCUT2D eigenvalue weighted by Gasteiger charge is -2.50. The molecule has 1 heterocycles. The molecule has 3 heteroatoms. The SMILES string of the molecule is Cc1cccc(OC[C@H](O)C[NH+]2C(C)(C)CCCC2(C)C)c1. The van der Waals surface area contributed by atoms with E-state index in [1.165, 1.54) is 29.7 Å². The molecule has 0 aromatic heterocycles. The smallest absolute Gasteiger partial charge is 0.137 e. The number of piperidine rings is 1. The first-order valence-electron chi connectivity index (χ1n) is 8.45. The summed E-state index contributed by atoms with van der Waals surface area (Å²) in [6.07, 6.45) is 3.28. The lowest BCUT2D eigenvalue weighted by molar-refractivity contribution is -1.00. The van der Waals surface area contributed by atoms with Crippen LogP contribution >= 0.6 is 0 Å². The van der Waals surface area contributed by atoms with E-state index >= 15 is 0 Å². The summed E-state index contributed by atoms with van der Waals surface area (Å²) in [5.41, 5.74) is 1.61. The molecule has 0 bridgehead atoms. The van der Waals surface area contributed by atoms with Crippen LogP contribution in [0, 0.1) is 6.92 Å². The van der Waals surface area contributed by atoms with Crippen LogP contribution in [0.5, 0.6) is 5.75 Å². The number of benzene rings is 1. The van der Waals surface area contributed by atoms with Gasteiger partial charge in [-0.25, -0.2) is 0 Å². The number of rotatable bonds is 5. The maximum absolute atomic E-state index is 10.5. The number of hydrogen-bond donors (Lipinski definition) is 2. The summed E-state index contributed by atoms with van der Waals surface area (Å²) in [6.45, 7) is 12.4. The van der Waals surface area contributed by atoms with Gasteiger partial charge in [-0.15, -0.1) is 0 Å². The van der Waals surface area contributed by atoms with Crippen LogP contribution in [0.3, 0.4) is 0 Å². The fourth-order valence-corrected chi connectivity index (χ4v) is 3.93. The van der Waals surface area contributed by atoms with Crippen LogP contribution in [0.25, 0.3) is 0 Å². The van der Waals surface area contributed by atoms with Gasteiger partial charge in [-0.2, -0.15) is 0 Å². The van der Waals surface area contributed by atoms with E-state index in [1.807, 2.05) is 31.2 Å². The number of aliphatic hydroxyl groups excluding tert-OH is 1. The molecule has 1 aromatic rings. The maximum Gasteiger partial charge on any atom is 0.137 e. The van der Waals surface area contributed by atoms with Crippen molar-refractivity contribution in [1.29, 1.82) is 0 Å². The van der Waals surface area contributed by atoms with Crippen molar-refractivity contribution in [2.75, 3.05) is 13.2 Å². The monoisotopic (exact) mass is 306 g/mol. The van der Waals surface area contributed by atoms with Gasteiger partial charge in [0.25, 0.3) is 0 Å². The van der Waals surface area contributed by atoms with Crippen molar-refractivity contribution < 1.29 is 14.7 Å². The summed E-state index contributed by atoms with van der Waals surface area (Å²) in [7, 11) is 0. The average Bonchev–Trinajstić information content (AvgIpc) is 2.40. The van der Waals surface area contributed by atoms with Gasteiger partial charge in [0.05, 0.1) is 11.1 Å². The Morgan fingerprint density at radius 3 is 2.41 bits per heavy atom. The Morgan fingerprint density at radius 1 is 1.18 bits per heavy atom. The third-order valence-electron chi connectivity index (χ3n) is 5.11. The van der Waals surface area contributed by atoms with Crippen LogP contribution in [-0.2, 0) is 0 Å². The van der Waals surface area contributed by atoms with E-state index in [9.17, 15) is 5.11 Å². The molecule has 1 aliphatic heterocycles. The van der Waals surface area contributed by atoms with Gasteiger partial charge in [0, 0.05) is 12.8 Å². The van der Waals surface area contributed by atoms with E-state index in [4.69, 9.17) is 4.74 Å². The van der Waals surface area contributed by atoms with E-state index in [1.54, 1.807) is 0 Å². The minimum absolute atomic E-state index is 0.214. The molecule has 0 saturated carbocycles. The van der Waals surface area contributed by atoms with Crippen molar-refractivity contribution >= 4 is 0 Å². The molecule has 3 nitrogen and oxygen atoms in total. The van der Waals surface area contributed by atoms with Crippen molar-refractivity contribution in [2.45, 2.75) is 71.1 Å². The summed E-state index contributed by atoms with van der Waals surface area (Å²) >= 11 is 0. The van der Waals surface area contributed by atoms with Gasteiger partial charge in [-0.05, 0) is 58.7 Å². The van der Waals surface area contributed by atoms with Gasteiger partial charge in [0.1, 0.15) is 25.0 Å². The normalized spacial score (nSPS) is 22.3. The standard InChI is InChI=1S/C19H31NO2/c1-15-8-6-9-17(12-15)22-14-16(21)13-20-18(2,3)10-7-11-19(20,4)5/h6,8-9,12,16,21H,7,10-11,13-14H2,1-5H3/p+1/t16-/m1/s1. The summed E-state index contributed by atoms with van der Waals surface area (Å²) < 4.78 is 5.76. The first kappa shape index (κ1) is 17.3. The molecule has 0 spiro atoms. The fraction of sp³-hybridized carbons (Fsp3) is 0.684. The molecule has 1 atom stereocenters. The number of likely N-dealkylation sites (tertiary alicyclic amines) is 1. The largest absolute Gasteiger partial charge is 0.491 e. The number of hydrogen-bond acceptors (Lipinski definition) is 2. The van der Waals surface area contributed by atoms with Gasteiger partial charge in [0.15, 0.2) is 0 Å². The highest BCUT2D eigenvalue weighted by molar-refractivity contribution is 5.27. The highest BCUT2D eigenvalue weighted by Crippen LogP contribution is 2.23. The number of aryl methyl sites for hydroxylation is 1. The van der Waals surface area contributed by atoms with Crippen LogP contribution in [-0.4, -0.2) is 35.4 Å². The number of ether oxygens (including phenoxy) is 1. The molecular weight excluding hydrogens is 274 g/mol. The van der Waals surface area contributed by atoms with E-state index in [0.717, 1.165) is 12.3 Å². The Hall–Kier alpha value is -1.06. The molecule has 22 heavy (non-hydrogen) atoms. The Balaban J connectivity index is 1.94. The summed E-state index contributed by atoms with van der Waals surface area (Å²) in [5.74, 6) is 0.839. The van der Waals surface area contributed by atoms with Gasteiger partial charge in [-0.3, -0.25) is 0 Å². The molecule has 2 rings (SSSR count). The first-order chi connectivity index (χ1) is 10.2. The van der Waals surface area contributed by atoms with Crippen LogP contribution in [0.15, 0.2) is 24.3 Å². The van der Waals surface area contributed by atoms with Crippen molar-refractivity contribution in [2.24, 2.45) is 0 Å². The topological polar surface area (TPSA) is 33.9 Å². The molecule has 1 saturated heterocycles. The second-order valence-corrected chi connectivity index (χ2v) is 8.09. The molecule has 1 aromatic carbocycles. The second-order valence-electron chi connectivity index (χ2n) is 8.09. The van der Waals surface area contributed by atoms with Crippen LogP contribution in [0.4, 0.5) is 0 Å². The van der Waals surface area contributed by atoms with Crippen molar-refractivity contribution in [3.05, 3.63) is 29.8 Å². The number of nitrogens with one attached hydrogen (secondary N) is 1. The van der Waals surface area contributed by atoms with Crippen molar-refractivity contribution in [3.63, 3.8) is 0 Å². The summed E-state index contributed by atoms with van der Waals surface area (Å²) in [5, 5.41) is 10.5.